The van der Waals surface area contributed by atoms with Crippen molar-refractivity contribution in [3.05, 3.63) is 62.5 Å². The zero-order chi connectivity index (χ0) is 14.7. The monoisotopic (exact) mass is 290 g/mol. The number of halogens is 1. The first-order valence-electron chi connectivity index (χ1n) is 6.72. The molecule has 0 radical (unpaired) electrons. The molecule has 1 heterocycles. The van der Waals surface area contributed by atoms with E-state index in [4.69, 9.17) is 11.6 Å². The molecule has 0 saturated heterocycles. The highest BCUT2D eigenvalue weighted by Gasteiger charge is 2.06. The molecule has 0 aliphatic rings. The van der Waals surface area contributed by atoms with E-state index in [9.17, 15) is 4.79 Å². The molecule has 20 heavy (non-hydrogen) atoms. The van der Waals surface area contributed by atoms with Crippen molar-refractivity contribution in [1.82, 2.24) is 9.88 Å². The van der Waals surface area contributed by atoms with Crippen molar-refractivity contribution in [1.29, 1.82) is 0 Å². The second-order valence-electron chi connectivity index (χ2n) is 4.89. The molecule has 0 bridgehead atoms. The van der Waals surface area contributed by atoms with Crippen molar-refractivity contribution in [2.45, 2.75) is 27.3 Å². The summed E-state index contributed by atoms with van der Waals surface area (Å²) in [4.78, 5) is 12.0. The maximum absolute atomic E-state index is 12.0. The van der Waals surface area contributed by atoms with E-state index in [0.29, 0.717) is 6.54 Å². The number of hydrogen-bond donors (Lipinski definition) is 1. The highest BCUT2D eigenvalue weighted by Crippen LogP contribution is 2.20. The Balaban J connectivity index is 2.49. The number of aromatic nitrogens is 1. The van der Waals surface area contributed by atoms with Gasteiger partial charge in [0.25, 0.3) is 0 Å². The smallest absolute Gasteiger partial charge is 0.186 e. The molecule has 0 atom stereocenters. The van der Waals surface area contributed by atoms with Crippen molar-refractivity contribution >= 4 is 11.6 Å². The first-order chi connectivity index (χ1) is 9.52. The Hall–Kier alpha value is -1.58. The van der Waals surface area contributed by atoms with E-state index >= 15 is 0 Å². The fraction of sp³-hybridized carbons (Fsp3) is 0.312. The minimum absolute atomic E-state index is 0.0675. The van der Waals surface area contributed by atoms with Crippen LogP contribution in [0.3, 0.4) is 0 Å². The first kappa shape index (κ1) is 14.8. The van der Waals surface area contributed by atoms with E-state index < -0.39 is 0 Å². The highest BCUT2D eigenvalue weighted by molar-refractivity contribution is 6.31. The molecule has 0 aliphatic carbocycles. The van der Waals surface area contributed by atoms with E-state index in [1.54, 1.807) is 6.07 Å². The van der Waals surface area contributed by atoms with E-state index in [1.807, 2.05) is 49.7 Å². The molecule has 3 nitrogen and oxygen atoms in total. The molecular formula is C16H19ClN2O. The molecule has 0 unspecified atom stereocenters. The minimum atomic E-state index is 0.0675. The van der Waals surface area contributed by atoms with Gasteiger partial charge in [-0.05, 0) is 38.1 Å². The van der Waals surface area contributed by atoms with Crippen molar-refractivity contribution in [2.75, 3.05) is 6.54 Å². The van der Waals surface area contributed by atoms with Gasteiger partial charge in [-0.25, -0.2) is 0 Å². The Labute approximate surface area is 124 Å². The van der Waals surface area contributed by atoms with Gasteiger partial charge >= 0.3 is 0 Å². The van der Waals surface area contributed by atoms with Crippen LogP contribution in [0.25, 0.3) is 5.69 Å². The molecule has 1 aromatic heterocycles. The molecule has 2 aromatic rings. The lowest BCUT2D eigenvalue weighted by Gasteiger charge is -2.14. The normalized spacial score (nSPS) is 10.8. The second-order valence-corrected chi connectivity index (χ2v) is 5.30. The van der Waals surface area contributed by atoms with Gasteiger partial charge < -0.3 is 9.88 Å². The summed E-state index contributed by atoms with van der Waals surface area (Å²) in [5.74, 6) is 0. The topological polar surface area (TPSA) is 34.0 Å². The molecule has 106 valence electrons. The molecule has 0 fully saturated rings. The second kappa shape index (κ2) is 6.25. The predicted octanol–water partition coefficient (Wildman–Crippen LogP) is 3.22. The Kier molecular flexibility index (Phi) is 4.63. The Bertz CT molecular complexity index is 677. The fourth-order valence-corrected chi connectivity index (χ4v) is 2.25. The van der Waals surface area contributed by atoms with Crippen LogP contribution in [0.4, 0.5) is 0 Å². The van der Waals surface area contributed by atoms with Crippen molar-refractivity contribution in [3.63, 3.8) is 0 Å². The third-order valence-electron chi connectivity index (χ3n) is 3.32. The average molecular weight is 291 g/mol. The molecular weight excluding hydrogens is 272 g/mol. The van der Waals surface area contributed by atoms with Gasteiger partial charge in [-0.1, -0.05) is 24.6 Å². The molecule has 0 saturated carbocycles. The summed E-state index contributed by atoms with van der Waals surface area (Å²) in [7, 11) is 0. The predicted molar refractivity (Wildman–Crippen MR) is 83.9 cm³/mol. The number of benzene rings is 1. The number of hydrogen-bond acceptors (Lipinski definition) is 2. The number of nitrogens with one attached hydrogen (secondary N) is 1. The van der Waals surface area contributed by atoms with Crippen molar-refractivity contribution < 1.29 is 0 Å². The standard InChI is InChI=1S/C16H19ClN2O/c1-4-18-9-13-10-19(12(3)7-16(13)20)14-6-5-11(2)15(17)8-14/h5-8,10,18H,4,9H2,1-3H3. The van der Waals surface area contributed by atoms with Gasteiger partial charge in [0.1, 0.15) is 0 Å². The number of pyridine rings is 1. The van der Waals surface area contributed by atoms with E-state index in [1.165, 1.54) is 0 Å². The van der Waals surface area contributed by atoms with E-state index in [0.717, 1.165) is 34.1 Å². The lowest BCUT2D eigenvalue weighted by atomic mass is 10.2. The number of rotatable bonds is 4. The summed E-state index contributed by atoms with van der Waals surface area (Å²) < 4.78 is 2.00. The van der Waals surface area contributed by atoms with Crippen molar-refractivity contribution in [2.24, 2.45) is 0 Å². The van der Waals surface area contributed by atoms with Crippen LogP contribution < -0.4 is 10.7 Å². The quantitative estimate of drug-likeness (QED) is 0.938. The van der Waals surface area contributed by atoms with Crippen LogP contribution in [0.1, 0.15) is 23.7 Å². The van der Waals surface area contributed by atoms with E-state index in [2.05, 4.69) is 5.32 Å². The van der Waals surface area contributed by atoms with Gasteiger partial charge in [0.15, 0.2) is 5.43 Å². The van der Waals surface area contributed by atoms with Gasteiger partial charge in [0.05, 0.1) is 0 Å². The number of aryl methyl sites for hydroxylation is 2. The molecule has 0 spiro atoms. The van der Waals surface area contributed by atoms with Crippen LogP contribution in [0.15, 0.2) is 35.3 Å². The van der Waals surface area contributed by atoms with Crippen LogP contribution in [-0.4, -0.2) is 11.1 Å². The van der Waals surface area contributed by atoms with Crippen LogP contribution in [0.5, 0.6) is 0 Å². The lowest BCUT2D eigenvalue weighted by Crippen LogP contribution is -2.21. The third kappa shape index (κ3) is 3.11. The van der Waals surface area contributed by atoms with Gasteiger partial charge in [-0.3, -0.25) is 4.79 Å². The average Bonchev–Trinajstić information content (AvgIpc) is 2.41. The van der Waals surface area contributed by atoms with Crippen molar-refractivity contribution in [3.8, 4) is 5.69 Å². The molecule has 4 heteroatoms. The lowest BCUT2D eigenvalue weighted by molar-refractivity contribution is 0.716. The zero-order valence-corrected chi connectivity index (χ0v) is 12.8. The fourth-order valence-electron chi connectivity index (χ4n) is 2.08. The van der Waals surface area contributed by atoms with Gasteiger partial charge in [-0.15, -0.1) is 0 Å². The summed E-state index contributed by atoms with van der Waals surface area (Å²) in [5, 5.41) is 3.92. The summed E-state index contributed by atoms with van der Waals surface area (Å²) in [5.41, 5.74) is 3.74. The summed E-state index contributed by atoms with van der Waals surface area (Å²) >= 11 is 6.18. The SMILES string of the molecule is CCNCc1cn(-c2ccc(C)c(Cl)c2)c(C)cc1=O. The molecule has 0 aliphatic heterocycles. The van der Waals surface area contributed by atoms with Crippen LogP contribution >= 0.6 is 11.6 Å². The van der Waals surface area contributed by atoms with Gasteiger partial charge in [-0.2, -0.15) is 0 Å². The zero-order valence-electron chi connectivity index (χ0n) is 12.0. The van der Waals surface area contributed by atoms with Crippen LogP contribution in [0, 0.1) is 13.8 Å². The Morgan fingerprint density at radius 3 is 2.65 bits per heavy atom. The van der Waals surface area contributed by atoms with Gasteiger partial charge in [0, 0.05) is 40.8 Å². The molecule has 1 N–H and O–H groups in total. The summed E-state index contributed by atoms with van der Waals surface area (Å²) in [6.07, 6.45) is 1.89. The minimum Gasteiger partial charge on any atom is -0.321 e. The maximum Gasteiger partial charge on any atom is 0.186 e. The van der Waals surface area contributed by atoms with Crippen LogP contribution in [0.2, 0.25) is 5.02 Å². The Morgan fingerprint density at radius 1 is 1.25 bits per heavy atom. The van der Waals surface area contributed by atoms with E-state index in [-0.39, 0.29) is 5.43 Å². The molecule has 0 amide bonds. The largest absolute Gasteiger partial charge is 0.321 e. The first-order valence-corrected chi connectivity index (χ1v) is 7.10. The molecule has 1 aromatic carbocycles. The molecule has 2 rings (SSSR count). The summed E-state index contributed by atoms with van der Waals surface area (Å²) in [6, 6.07) is 7.58. The van der Waals surface area contributed by atoms with Crippen LogP contribution in [-0.2, 0) is 6.54 Å². The van der Waals surface area contributed by atoms with Gasteiger partial charge in [0.2, 0.25) is 0 Å². The Morgan fingerprint density at radius 2 is 2.00 bits per heavy atom. The maximum atomic E-state index is 12.0. The summed E-state index contributed by atoms with van der Waals surface area (Å²) in [6.45, 7) is 7.33. The number of nitrogens with zero attached hydrogens (tertiary/aromatic N) is 1. The third-order valence-corrected chi connectivity index (χ3v) is 3.73. The highest BCUT2D eigenvalue weighted by atomic mass is 35.5.